The van der Waals surface area contributed by atoms with Crippen molar-refractivity contribution in [3.63, 3.8) is 0 Å². The van der Waals surface area contributed by atoms with Crippen molar-refractivity contribution in [3.8, 4) is 0 Å². The molecule has 0 saturated heterocycles. The number of carbonyl (C=O) groups excluding carboxylic acids is 3. The predicted molar refractivity (Wildman–Crippen MR) is 334 cm³/mol. The maximum absolute atomic E-state index is 12.9. The van der Waals surface area contributed by atoms with Gasteiger partial charge in [0.25, 0.3) is 0 Å². The summed E-state index contributed by atoms with van der Waals surface area (Å²) in [5.41, 5.74) is 0. The second-order valence-corrected chi connectivity index (χ2v) is 21.6. The fraction of sp³-hybridized carbons (Fsp3) is 0.732. The number of unbranched alkanes of at least 4 members (excludes halogenated alkanes) is 33. The summed E-state index contributed by atoms with van der Waals surface area (Å²) in [6, 6.07) is 0. The molecule has 0 spiro atoms. The number of carbonyl (C=O) groups is 3. The molecule has 1 unspecified atom stereocenters. The molecule has 1 atom stereocenters. The molecule has 0 fully saturated rings. The van der Waals surface area contributed by atoms with Crippen LogP contribution in [0.25, 0.3) is 0 Å². The number of esters is 3. The lowest BCUT2D eigenvalue weighted by molar-refractivity contribution is -0.166. The lowest BCUT2D eigenvalue weighted by Gasteiger charge is -2.18. The Hall–Kier alpha value is -3.67. The van der Waals surface area contributed by atoms with Crippen molar-refractivity contribution < 1.29 is 28.6 Å². The van der Waals surface area contributed by atoms with Crippen LogP contribution in [0, 0.1) is 0 Å². The molecule has 6 heteroatoms. The van der Waals surface area contributed by atoms with Crippen LogP contribution in [-0.4, -0.2) is 37.2 Å². The van der Waals surface area contributed by atoms with Crippen molar-refractivity contribution in [2.75, 3.05) is 13.2 Å². The van der Waals surface area contributed by atoms with E-state index in [1.54, 1.807) is 6.08 Å². The van der Waals surface area contributed by atoms with Gasteiger partial charge in [0.15, 0.2) is 6.10 Å². The topological polar surface area (TPSA) is 78.9 Å². The summed E-state index contributed by atoms with van der Waals surface area (Å²) in [7, 11) is 0. The van der Waals surface area contributed by atoms with Gasteiger partial charge in [0, 0.05) is 12.8 Å². The first-order valence-corrected chi connectivity index (χ1v) is 32.7. The van der Waals surface area contributed by atoms with E-state index in [4.69, 9.17) is 14.2 Å². The molecular weight excluding hydrogens is 949 g/mol. The predicted octanol–water partition coefficient (Wildman–Crippen LogP) is 22.4. The first-order valence-electron chi connectivity index (χ1n) is 32.7. The van der Waals surface area contributed by atoms with Gasteiger partial charge in [0.2, 0.25) is 0 Å². The zero-order valence-electron chi connectivity index (χ0n) is 50.7. The van der Waals surface area contributed by atoms with Crippen LogP contribution < -0.4 is 0 Å². The summed E-state index contributed by atoms with van der Waals surface area (Å²) in [5.74, 6) is -1.04. The maximum Gasteiger partial charge on any atom is 0.309 e. The van der Waals surface area contributed by atoms with Crippen molar-refractivity contribution in [3.05, 3.63) is 97.2 Å². The summed E-state index contributed by atoms with van der Waals surface area (Å²) >= 11 is 0. The average molecular weight is 1070 g/mol. The largest absolute Gasteiger partial charge is 0.462 e. The van der Waals surface area contributed by atoms with Crippen molar-refractivity contribution in [1.82, 2.24) is 0 Å². The van der Waals surface area contributed by atoms with E-state index < -0.39 is 12.1 Å². The Morgan fingerprint density at radius 1 is 0.286 bits per heavy atom. The minimum Gasteiger partial charge on any atom is -0.462 e. The van der Waals surface area contributed by atoms with Crippen molar-refractivity contribution >= 4 is 17.9 Å². The molecule has 77 heavy (non-hydrogen) atoms. The van der Waals surface area contributed by atoms with Crippen molar-refractivity contribution in [1.29, 1.82) is 0 Å². The summed E-state index contributed by atoms with van der Waals surface area (Å²) in [4.78, 5) is 38.2. The highest BCUT2D eigenvalue weighted by Crippen LogP contribution is 2.17. The van der Waals surface area contributed by atoms with Gasteiger partial charge in [-0.3, -0.25) is 14.4 Å². The molecule has 0 rings (SSSR count). The second-order valence-electron chi connectivity index (χ2n) is 21.6. The first kappa shape index (κ1) is 73.3. The average Bonchev–Trinajstić information content (AvgIpc) is 3.43. The van der Waals surface area contributed by atoms with Crippen LogP contribution in [0.2, 0.25) is 0 Å². The van der Waals surface area contributed by atoms with Crippen LogP contribution in [0.5, 0.6) is 0 Å². The van der Waals surface area contributed by atoms with Crippen LogP contribution >= 0.6 is 0 Å². The Morgan fingerprint density at radius 2 is 0.558 bits per heavy atom. The number of hydrogen-bond donors (Lipinski definition) is 0. The van der Waals surface area contributed by atoms with Gasteiger partial charge in [0.05, 0.1) is 6.42 Å². The van der Waals surface area contributed by atoms with E-state index in [1.807, 2.05) is 6.08 Å². The van der Waals surface area contributed by atoms with Crippen molar-refractivity contribution in [2.24, 2.45) is 0 Å². The molecule has 0 aromatic heterocycles. The first-order chi connectivity index (χ1) is 38.0. The van der Waals surface area contributed by atoms with E-state index in [1.165, 1.54) is 180 Å². The Kier molecular flexibility index (Phi) is 61.8. The van der Waals surface area contributed by atoms with E-state index in [0.29, 0.717) is 12.8 Å². The minimum atomic E-state index is -0.824. The molecule has 0 aromatic carbocycles. The van der Waals surface area contributed by atoms with E-state index >= 15 is 0 Å². The highest BCUT2D eigenvalue weighted by atomic mass is 16.6. The standard InChI is InChI=1S/C71H122O6/c1-4-7-10-13-16-19-22-25-28-30-31-32-33-34-35-36-37-38-39-41-43-46-49-52-55-58-61-64-70(73)76-67-68(66-75-69(72)63-60-57-54-51-48-45-42-27-24-21-18-15-12-9-6-3)77-71(74)65-62-59-56-53-50-47-44-40-29-26-23-20-17-14-11-8-5-2/h8-9,11-12,17-18,20-21,26-27,29,42,48,51,57,60,68H,4-7,10,13-16,19,22-25,28,30-41,43-47,49-50,52-56,58-59,61-67H2,1-3H3/b11-8-,12-9-,20-17-,21-18-,29-26-,42-27-,51-48-,60-57-. The summed E-state index contributed by atoms with van der Waals surface area (Å²) < 4.78 is 16.8. The molecule has 442 valence electrons. The third-order valence-electron chi connectivity index (χ3n) is 14.1. The fourth-order valence-electron chi connectivity index (χ4n) is 9.30. The molecule has 0 radical (unpaired) electrons. The lowest BCUT2D eigenvalue weighted by atomic mass is 10.0. The van der Waals surface area contributed by atoms with Crippen molar-refractivity contribution in [2.45, 2.75) is 322 Å². The van der Waals surface area contributed by atoms with E-state index in [2.05, 4.69) is 106 Å². The number of ether oxygens (including phenoxy) is 3. The van der Waals surface area contributed by atoms with Gasteiger partial charge in [-0.15, -0.1) is 0 Å². The Balaban J connectivity index is 4.32. The van der Waals surface area contributed by atoms with E-state index in [-0.39, 0.29) is 31.6 Å². The van der Waals surface area contributed by atoms with Gasteiger partial charge in [0.1, 0.15) is 13.2 Å². The van der Waals surface area contributed by atoms with Crippen LogP contribution in [0.15, 0.2) is 97.2 Å². The third kappa shape index (κ3) is 63.0. The molecule has 0 heterocycles. The van der Waals surface area contributed by atoms with Gasteiger partial charge in [-0.1, -0.05) is 317 Å². The van der Waals surface area contributed by atoms with Gasteiger partial charge in [-0.25, -0.2) is 0 Å². The van der Waals surface area contributed by atoms with Crippen LogP contribution in [0.3, 0.4) is 0 Å². The van der Waals surface area contributed by atoms with Crippen LogP contribution in [-0.2, 0) is 28.6 Å². The molecule has 0 aliphatic heterocycles. The molecule has 0 saturated carbocycles. The van der Waals surface area contributed by atoms with Gasteiger partial charge < -0.3 is 14.2 Å². The van der Waals surface area contributed by atoms with Gasteiger partial charge in [-0.05, 0) is 77.0 Å². The molecule has 0 aliphatic rings. The number of allylic oxidation sites excluding steroid dienone is 15. The number of hydrogen-bond acceptors (Lipinski definition) is 6. The smallest absolute Gasteiger partial charge is 0.309 e. The second kappa shape index (κ2) is 64.9. The maximum atomic E-state index is 12.9. The van der Waals surface area contributed by atoms with E-state index in [0.717, 1.165) is 96.3 Å². The molecule has 0 amide bonds. The summed E-state index contributed by atoms with van der Waals surface area (Å²) in [6.45, 7) is 6.36. The van der Waals surface area contributed by atoms with Gasteiger partial charge >= 0.3 is 17.9 Å². The third-order valence-corrected chi connectivity index (χ3v) is 14.1. The van der Waals surface area contributed by atoms with E-state index in [9.17, 15) is 14.4 Å². The molecular formula is C71H122O6. The summed E-state index contributed by atoms with van der Waals surface area (Å²) in [5, 5.41) is 0. The monoisotopic (exact) mass is 1070 g/mol. The highest BCUT2D eigenvalue weighted by molar-refractivity contribution is 5.72. The molecule has 6 nitrogen and oxygen atoms in total. The Labute approximate surface area is 477 Å². The molecule has 0 aromatic rings. The van der Waals surface area contributed by atoms with Crippen LogP contribution in [0.4, 0.5) is 0 Å². The number of rotatable bonds is 59. The van der Waals surface area contributed by atoms with Gasteiger partial charge in [-0.2, -0.15) is 0 Å². The quantitative estimate of drug-likeness (QED) is 0.0261. The Morgan fingerprint density at radius 3 is 0.909 bits per heavy atom. The highest BCUT2D eigenvalue weighted by Gasteiger charge is 2.19. The molecule has 0 bridgehead atoms. The normalized spacial score (nSPS) is 12.7. The summed E-state index contributed by atoms with van der Waals surface area (Å²) in [6.07, 6.45) is 87.5. The molecule has 0 N–H and O–H groups in total. The lowest BCUT2D eigenvalue weighted by Crippen LogP contribution is -2.30. The zero-order chi connectivity index (χ0) is 55.7. The Bertz CT molecular complexity index is 1510. The zero-order valence-corrected chi connectivity index (χ0v) is 50.7. The molecule has 0 aliphatic carbocycles. The minimum absolute atomic E-state index is 0.110. The fourth-order valence-corrected chi connectivity index (χ4v) is 9.30. The SMILES string of the molecule is CC/C=C\C/C=C\C/C=C\C/C=C\C/C=C\CC(=O)OCC(COC(=O)CCCCCCCCCCCCCCCCCCCCCCCCCCCCC)OC(=O)CCCCCCCCC/C=C\C/C=C\C/C=C\CC. The van der Waals surface area contributed by atoms with Crippen LogP contribution in [0.1, 0.15) is 316 Å².